The molecule has 80 valence electrons. The van der Waals surface area contributed by atoms with Crippen molar-refractivity contribution in [2.24, 2.45) is 0 Å². The van der Waals surface area contributed by atoms with E-state index < -0.39 is 12.0 Å². The standard InChI is InChI=1S/C12H15NO2/c1-7-3-4-9-10(5-7)8(2)6-13-11(9)12(14)15/h3-5,8,11,13H,6H2,1-2H3,(H,14,15). The molecule has 15 heavy (non-hydrogen) atoms. The second kappa shape index (κ2) is 3.66. The van der Waals surface area contributed by atoms with Gasteiger partial charge in [0.05, 0.1) is 0 Å². The van der Waals surface area contributed by atoms with Crippen LogP contribution in [0.15, 0.2) is 18.2 Å². The van der Waals surface area contributed by atoms with Crippen LogP contribution in [0.2, 0.25) is 0 Å². The number of rotatable bonds is 1. The van der Waals surface area contributed by atoms with Gasteiger partial charge in [0.2, 0.25) is 0 Å². The molecule has 1 aliphatic heterocycles. The lowest BCUT2D eigenvalue weighted by atomic mass is 9.86. The number of carbonyl (C=O) groups is 1. The van der Waals surface area contributed by atoms with Gasteiger partial charge in [-0.25, -0.2) is 0 Å². The van der Waals surface area contributed by atoms with E-state index in [2.05, 4.69) is 18.3 Å². The van der Waals surface area contributed by atoms with Crippen molar-refractivity contribution in [3.63, 3.8) is 0 Å². The maximum Gasteiger partial charge on any atom is 0.325 e. The summed E-state index contributed by atoms with van der Waals surface area (Å²) in [6.45, 7) is 4.88. The number of nitrogens with one attached hydrogen (secondary N) is 1. The van der Waals surface area contributed by atoms with Gasteiger partial charge in [-0.05, 0) is 24.0 Å². The van der Waals surface area contributed by atoms with Crippen LogP contribution in [0.4, 0.5) is 0 Å². The molecule has 0 aromatic heterocycles. The van der Waals surface area contributed by atoms with E-state index in [9.17, 15) is 4.79 Å². The van der Waals surface area contributed by atoms with Gasteiger partial charge < -0.3 is 10.4 Å². The molecule has 1 aromatic rings. The Morgan fingerprint density at radius 3 is 2.87 bits per heavy atom. The van der Waals surface area contributed by atoms with E-state index in [0.717, 1.165) is 12.1 Å². The van der Waals surface area contributed by atoms with Crippen LogP contribution in [0.3, 0.4) is 0 Å². The minimum Gasteiger partial charge on any atom is -0.480 e. The monoisotopic (exact) mass is 205 g/mol. The molecule has 1 aromatic carbocycles. The predicted octanol–water partition coefficient (Wildman–Crippen LogP) is 1.83. The van der Waals surface area contributed by atoms with Gasteiger partial charge in [-0.15, -0.1) is 0 Å². The lowest BCUT2D eigenvalue weighted by Gasteiger charge is -2.28. The van der Waals surface area contributed by atoms with E-state index in [0.29, 0.717) is 5.92 Å². The molecule has 1 heterocycles. The summed E-state index contributed by atoms with van der Waals surface area (Å²) < 4.78 is 0. The minimum absolute atomic E-state index is 0.385. The highest BCUT2D eigenvalue weighted by molar-refractivity contribution is 5.76. The number of carboxylic acid groups (broad SMARTS) is 1. The topological polar surface area (TPSA) is 49.3 Å². The summed E-state index contributed by atoms with van der Waals surface area (Å²) in [7, 11) is 0. The number of benzene rings is 1. The van der Waals surface area contributed by atoms with Gasteiger partial charge in [-0.3, -0.25) is 4.79 Å². The van der Waals surface area contributed by atoms with Crippen LogP contribution < -0.4 is 5.32 Å². The molecule has 3 nitrogen and oxygen atoms in total. The molecule has 2 atom stereocenters. The van der Waals surface area contributed by atoms with E-state index in [1.54, 1.807) is 0 Å². The largest absolute Gasteiger partial charge is 0.480 e. The van der Waals surface area contributed by atoms with Gasteiger partial charge in [-0.2, -0.15) is 0 Å². The Morgan fingerprint density at radius 1 is 1.47 bits per heavy atom. The van der Waals surface area contributed by atoms with Gasteiger partial charge in [0, 0.05) is 6.54 Å². The Bertz CT molecular complexity index is 401. The Balaban J connectivity index is 2.50. The van der Waals surface area contributed by atoms with Crippen LogP contribution >= 0.6 is 0 Å². The second-order valence-electron chi connectivity index (χ2n) is 4.21. The first kappa shape index (κ1) is 10.2. The van der Waals surface area contributed by atoms with Crippen molar-refractivity contribution in [2.75, 3.05) is 6.54 Å². The SMILES string of the molecule is Cc1ccc2c(c1)C(C)CNC2C(=O)O. The molecule has 1 aliphatic rings. The molecule has 0 saturated heterocycles. The normalized spacial score (nSPS) is 24.7. The molecular formula is C12H15NO2. The number of carboxylic acids is 1. The van der Waals surface area contributed by atoms with E-state index in [4.69, 9.17) is 5.11 Å². The van der Waals surface area contributed by atoms with E-state index >= 15 is 0 Å². The molecule has 0 saturated carbocycles. The third-order valence-corrected chi connectivity index (χ3v) is 2.96. The van der Waals surface area contributed by atoms with Gasteiger partial charge in [-0.1, -0.05) is 30.7 Å². The van der Waals surface area contributed by atoms with Crippen LogP contribution in [-0.2, 0) is 4.79 Å². The summed E-state index contributed by atoms with van der Waals surface area (Å²) in [5, 5.41) is 12.1. The predicted molar refractivity (Wildman–Crippen MR) is 58.0 cm³/mol. The first-order valence-corrected chi connectivity index (χ1v) is 5.16. The molecule has 0 amide bonds. The molecule has 0 aliphatic carbocycles. The molecule has 2 rings (SSSR count). The maximum atomic E-state index is 11.0. The quantitative estimate of drug-likeness (QED) is 0.735. The first-order valence-electron chi connectivity index (χ1n) is 5.16. The zero-order valence-corrected chi connectivity index (χ0v) is 8.95. The van der Waals surface area contributed by atoms with Crippen LogP contribution in [0.25, 0.3) is 0 Å². The van der Waals surface area contributed by atoms with E-state index in [-0.39, 0.29) is 0 Å². The van der Waals surface area contributed by atoms with Crippen molar-refractivity contribution in [2.45, 2.75) is 25.8 Å². The van der Waals surface area contributed by atoms with Crippen molar-refractivity contribution in [1.82, 2.24) is 5.32 Å². The summed E-state index contributed by atoms with van der Waals surface area (Å²) in [5.41, 5.74) is 3.26. The van der Waals surface area contributed by atoms with Gasteiger partial charge >= 0.3 is 5.97 Å². The smallest absolute Gasteiger partial charge is 0.325 e. The summed E-state index contributed by atoms with van der Waals surface area (Å²) in [5.74, 6) is -0.414. The third-order valence-electron chi connectivity index (χ3n) is 2.96. The highest BCUT2D eigenvalue weighted by Crippen LogP contribution is 2.30. The Hall–Kier alpha value is -1.35. The van der Waals surface area contributed by atoms with Gasteiger partial charge in [0.15, 0.2) is 0 Å². The second-order valence-corrected chi connectivity index (χ2v) is 4.21. The third kappa shape index (κ3) is 1.75. The van der Waals surface area contributed by atoms with Crippen molar-refractivity contribution >= 4 is 5.97 Å². The number of aliphatic carboxylic acids is 1. The van der Waals surface area contributed by atoms with Gasteiger partial charge in [0.25, 0.3) is 0 Å². The Kier molecular flexibility index (Phi) is 2.49. The molecule has 3 heteroatoms. The van der Waals surface area contributed by atoms with Crippen molar-refractivity contribution < 1.29 is 9.90 Å². The van der Waals surface area contributed by atoms with E-state index in [1.807, 2.05) is 19.1 Å². The van der Waals surface area contributed by atoms with Crippen molar-refractivity contribution in [3.05, 3.63) is 34.9 Å². The van der Waals surface area contributed by atoms with Gasteiger partial charge in [0.1, 0.15) is 6.04 Å². The average molecular weight is 205 g/mol. The average Bonchev–Trinajstić information content (AvgIpc) is 2.19. The summed E-state index contributed by atoms with van der Waals surface area (Å²) in [4.78, 5) is 11.0. The molecular weight excluding hydrogens is 190 g/mol. The molecule has 2 unspecified atom stereocenters. The molecule has 0 spiro atoms. The fraction of sp³-hybridized carbons (Fsp3) is 0.417. The summed E-state index contributed by atoms with van der Waals surface area (Å²) >= 11 is 0. The first-order chi connectivity index (χ1) is 7.09. The van der Waals surface area contributed by atoms with Crippen LogP contribution in [-0.4, -0.2) is 17.6 Å². The molecule has 0 radical (unpaired) electrons. The number of hydrogen-bond donors (Lipinski definition) is 2. The number of aryl methyl sites for hydroxylation is 1. The summed E-state index contributed by atoms with van der Waals surface area (Å²) in [6.07, 6.45) is 0. The highest BCUT2D eigenvalue weighted by Gasteiger charge is 2.28. The fourth-order valence-electron chi connectivity index (χ4n) is 2.12. The minimum atomic E-state index is -0.799. The van der Waals surface area contributed by atoms with Crippen molar-refractivity contribution in [1.29, 1.82) is 0 Å². The number of fused-ring (bicyclic) bond motifs is 1. The number of hydrogen-bond acceptors (Lipinski definition) is 2. The Morgan fingerprint density at radius 2 is 2.20 bits per heavy atom. The lowest BCUT2D eigenvalue weighted by molar-refractivity contribution is -0.139. The fourth-order valence-corrected chi connectivity index (χ4v) is 2.12. The van der Waals surface area contributed by atoms with Crippen LogP contribution in [0, 0.1) is 6.92 Å². The lowest BCUT2D eigenvalue weighted by Crippen LogP contribution is -2.36. The zero-order chi connectivity index (χ0) is 11.0. The Labute approximate surface area is 89.1 Å². The molecule has 2 N–H and O–H groups in total. The van der Waals surface area contributed by atoms with Crippen molar-refractivity contribution in [3.8, 4) is 0 Å². The highest BCUT2D eigenvalue weighted by atomic mass is 16.4. The molecule has 0 fully saturated rings. The summed E-state index contributed by atoms with van der Waals surface area (Å²) in [6, 6.07) is 5.44. The molecule has 0 bridgehead atoms. The van der Waals surface area contributed by atoms with Crippen LogP contribution in [0.1, 0.15) is 35.6 Å². The maximum absolute atomic E-state index is 11.0. The van der Waals surface area contributed by atoms with E-state index in [1.165, 1.54) is 11.1 Å². The zero-order valence-electron chi connectivity index (χ0n) is 8.95. The van der Waals surface area contributed by atoms with Crippen LogP contribution in [0.5, 0.6) is 0 Å².